The monoisotopic (exact) mass is 1270 g/mol. The first-order chi connectivity index (χ1) is 41.5. The summed E-state index contributed by atoms with van der Waals surface area (Å²) in [5, 5.41) is 10.5. The summed E-state index contributed by atoms with van der Waals surface area (Å²) in [5.41, 5.74) is 0. The lowest BCUT2D eigenvalue weighted by molar-refractivity contribution is -0.161. The van der Waals surface area contributed by atoms with Gasteiger partial charge in [0.15, 0.2) is 12.2 Å². The number of phosphoric acid groups is 2. The van der Waals surface area contributed by atoms with Crippen LogP contribution >= 0.6 is 15.6 Å². The summed E-state index contributed by atoms with van der Waals surface area (Å²) in [7, 11) is -9.88. The molecule has 0 radical (unpaired) electrons. The molecular formula is C67H130O17P2. The number of carbonyl (C=O) groups is 4. The highest BCUT2D eigenvalue weighted by Crippen LogP contribution is 2.45. The molecule has 0 aliphatic carbocycles. The van der Waals surface area contributed by atoms with E-state index in [0.717, 1.165) is 96.3 Å². The Morgan fingerprint density at radius 1 is 0.314 bits per heavy atom. The van der Waals surface area contributed by atoms with Gasteiger partial charge in [-0.2, -0.15) is 0 Å². The zero-order chi connectivity index (χ0) is 63.5. The molecule has 0 aromatic rings. The van der Waals surface area contributed by atoms with Crippen molar-refractivity contribution in [2.24, 2.45) is 5.92 Å². The van der Waals surface area contributed by atoms with E-state index in [1.165, 1.54) is 161 Å². The van der Waals surface area contributed by atoms with Crippen LogP contribution in [-0.4, -0.2) is 96.7 Å². The van der Waals surface area contributed by atoms with E-state index in [4.69, 9.17) is 37.0 Å². The third-order valence-corrected chi connectivity index (χ3v) is 17.4. The molecule has 510 valence electrons. The second-order valence-corrected chi connectivity index (χ2v) is 27.6. The highest BCUT2D eigenvalue weighted by atomic mass is 31.2. The number of ether oxygens (including phenoxy) is 4. The molecule has 0 amide bonds. The van der Waals surface area contributed by atoms with Gasteiger partial charge >= 0.3 is 39.5 Å². The summed E-state index contributed by atoms with van der Waals surface area (Å²) < 4.78 is 67.9. The van der Waals surface area contributed by atoms with Gasteiger partial charge in [0.2, 0.25) is 0 Å². The summed E-state index contributed by atoms with van der Waals surface area (Å²) in [5.74, 6) is -1.44. The Hall–Kier alpha value is -1.94. The number of rotatable bonds is 67. The second-order valence-electron chi connectivity index (χ2n) is 24.7. The first-order valence-corrected chi connectivity index (χ1v) is 38.1. The lowest BCUT2D eigenvalue weighted by Gasteiger charge is -2.21. The van der Waals surface area contributed by atoms with Crippen molar-refractivity contribution in [3.8, 4) is 0 Å². The fourth-order valence-corrected chi connectivity index (χ4v) is 11.7. The Bertz CT molecular complexity index is 1670. The number of aliphatic hydroxyl groups is 1. The molecule has 86 heavy (non-hydrogen) atoms. The summed E-state index contributed by atoms with van der Waals surface area (Å²) in [6.45, 7) is 7.07. The molecule has 2 unspecified atom stereocenters. The number of carbonyl (C=O) groups excluding carboxylic acids is 4. The molecule has 0 saturated carbocycles. The Morgan fingerprint density at radius 3 is 0.791 bits per heavy atom. The van der Waals surface area contributed by atoms with Crippen molar-refractivity contribution in [2.45, 2.75) is 361 Å². The van der Waals surface area contributed by atoms with Gasteiger partial charge in [0.25, 0.3) is 0 Å². The molecule has 19 heteroatoms. The van der Waals surface area contributed by atoms with Crippen molar-refractivity contribution in [3.05, 3.63) is 0 Å². The molecule has 0 spiro atoms. The Balaban J connectivity index is 5.14. The summed E-state index contributed by atoms with van der Waals surface area (Å²) in [6.07, 6.45) is 46.3. The third-order valence-electron chi connectivity index (χ3n) is 15.5. The molecule has 0 heterocycles. The van der Waals surface area contributed by atoms with Crippen molar-refractivity contribution in [1.29, 1.82) is 0 Å². The van der Waals surface area contributed by atoms with Gasteiger partial charge in [-0.3, -0.25) is 37.3 Å². The molecule has 0 bridgehead atoms. The molecule has 0 fully saturated rings. The van der Waals surface area contributed by atoms with Gasteiger partial charge in [-0.25, -0.2) is 9.13 Å². The fourth-order valence-electron chi connectivity index (χ4n) is 10.1. The van der Waals surface area contributed by atoms with Crippen molar-refractivity contribution < 1.29 is 80.2 Å². The Morgan fingerprint density at radius 2 is 0.535 bits per heavy atom. The SMILES string of the molecule is CCCCCCCCCCCCCCCCCCCCC(=O)O[C@H](COC(=O)CCCCCCCCCCCCCCC)COP(=O)(O)OC[C@@H](O)COP(=O)(O)OC[C@@H](COC(=O)CCCCCCC)OC(=O)CCCCCCCCCC(C)C. The lowest BCUT2D eigenvalue weighted by Crippen LogP contribution is -2.30. The number of aliphatic hydroxyl groups excluding tert-OH is 1. The van der Waals surface area contributed by atoms with Gasteiger partial charge in [-0.1, -0.05) is 291 Å². The third kappa shape index (κ3) is 60.9. The fraction of sp³-hybridized carbons (Fsp3) is 0.940. The van der Waals surface area contributed by atoms with Crippen LogP contribution in [0.2, 0.25) is 0 Å². The van der Waals surface area contributed by atoms with Crippen molar-refractivity contribution in [2.75, 3.05) is 39.6 Å². The van der Waals surface area contributed by atoms with E-state index in [2.05, 4.69) is 34.6 Å². The maximum absolute atomic E-state index is 13.0. The number of phosphoric ester groups is 2. The van der Waals surface area contributed by atoms with Crippen molar-refractivity contribution in [1.82, 2.24) is 0 Å². The number of unbranched alkanes of at least 4 members (excludes halogenated alkanes) is 39. The van der Waals surface area contributed by atoms with Crippen LogP contribution in [-0.2, 0) is 65.4 Å². The van der Waals surface area contributed by atoms with E-state index in [1.54, 1.807) is 0 Å². The average molecular weight is 1270 g/mol. The molecule has 3 N–H and O–H groups in total. The molecule has 0 aliphatic rings. The van der Waals surface area contributed by atoms with E-state index in [1.807, 2.05) is 0 Å². The molecule has 0 saturated heterocycles. The van der Waals surface area contributed by atoms with Gasteiger partial charge in [0.1, 0.15) is 19.3 Å². The highest BCUT2D eigenvalue weighted by molar-refractivity contribution is 7.47. The topological polar surface area (TPSA) is 237 Å². The van der Waals surface area contributed by atoms with Crippen LogP contribution in [0.4, 0.5) is 0 Å². The van der Waals surface area contributed by atoms with E-state index in [-0.39, 0.29) is 25.7 Å². The van der Waals surface area contributed by atoms with Crippen LogP contribution in [0.15, 0.2) is 0 Å². The molecule has 0 rings (SSSR count). The van der Waals surface area contributed by atoms with Crippen LogP contribution in [0, 0.1) is 5.92 Å². The van der Waals surface area contributed by atoms with Gasteiger partial charge < -0.3 is 33.8 Å². The van der Waals surface area contributed by atoms with Crippen LogP contribution < -0.4 is 0 Å². The maximum atomic E-state index is 13.0. The van der Waals surface area contributed by atoms with Gasteiger partial charge in [-0.15, -0.1) is 0 Å². The van der Waals surface area contributed by atoms with E-state index in [9.17, 15) is 43.2 Å². The molecule has 5 atom stereocenters. The summed E-state index contributed by atoms with van der Waals surface area (Å²) >= 11 is 0. The quantitative estimate of drug-likeness (QED) is 0.0222. The number of hydrogen-bond donors (Lipinski definition) is 3. The molecular weight excluding hydrogens is 1140 g/mol. The molecule has 0 aliphatic heterocycles. The van der Waals surface area contributed by atoms with Gasteiger partial charge in [-0.05, 0) is 31.6 Å². The minimum Gasteiger partial charge on any atom is -0.462 e. The molecule has 0 aromatic carbocycles. The van der Waals surface area contributed by atoms with Crippen LogP contribution in [0.25, 0.3) is 0 Å². The molecule has 0 aromatic heterocycles. The number of esters is 4. The van der Waals surface area contributed by atoms with E-state index in [0.29, 0.717) is 31.6 Å². The predicted molar refractivity (Wildman–Crippen MR) is 345 cm³/mol. The Labute approximate surface area is 524 Å². The zero-order valence-corrected chi connectivity index (χ0v) is 57.2. The maximum Gasteiger partial charge on any atom is 0.472 e. The van der Waals surface area contributed by atoms with Gasteiger partial charge in [0, 0.05) is 25.7 Å². The molecule has 17 nitrogen and oxygen atoms in total. The normalized spacial score (nSPS) is 14.2. The first-order valence-electron chi connectivity index (χ1n) is 35.1. The largest absolute Gasteiger partial charge is 0.472 e. The summed E-state index contributed by atoms with van der Waals surface area (Å²) in [6, 6.07) is 0. The average Bonchev–Trinajstić information content (AvgIpc) is 3.63. The standard InChI is InChI=1S/C67H130O17P2/c1-6-9-12-15-17-19-21-23-24-25-26-27-29-31-33-37-42-47-52-66(71)84-63(57-78-65(70)51-46-41-36-32-30-28-22-20-18-16-13-10-7-2)59-82-86(75,76)80-55-61(68)54-79-85(73,74)81-58-62(56-77-64(69)50-45-39-14-11-8-3)83-67(72)53-48-43-38-34-35-40-44-49-60(4)5/h60-63,68H,6-59H2,1-5H3,(H,73,74)(H,75,76)/t61-,62+,63+/m0/s1. The van der Waals surface area contributed by atoms with Crippen LogP contribution in [0.5, 0.6) is 0 Å². The lowest BCUT2D eigenvalue weighted by atomic mass is 10.0. The minimum atomic E-state index is -4.95. The van der Waals surface area contributed by atoms with E-state index < -0.39 is 97.5 Å². The first kappa shape index (κ1) is 84.1. The number of hydrogen-bond acceptors (Lipinski definition) is 15. The van der Waals surface area contributed by atoms with Crippen LogP contribution in [0.3, 0.4) is 0 Å². The van der Waals surface area contributed by atoms with Crippen molar-refractivity contribution >= 4 is 39.5 Å². The predicted octanol–water partition coefficient (Wildman–Crippen LogP) is 19.0. The van der Waals surface area contributed by atoms with Crippen LogP contribution in [0.1, 0.15) is 343 Å². The Kier molecular flexibility index (Phi) is 59.2. The van der Waals surface area contributed by atoms with Crippen molar-refractivity contribution in [3.63, 3.8) is 0 Å². The summed E-state index contributed by atoms with van der Waals surface area (Å²) in [4.78, 5) is 72.1. The van der Waals surface area contributed by atoms with Gasteiger partial charge in [0.05, 0.1) is 26.4 Å². The highest BCUT2D eigenvalue weighted by Gasteiger charge is 2.30. The smallest absolute Gasteiger partial charge is 0.462 e. The second kappa shape index (κ2) is 60.6. The van der Waals surface area contributed by atoms with E-state index >= 15 is 0 Å². The zero-order valence-electron chi connectivity index (χ0n) is 55.4. The minimum absolute atomic E-state index is 0.103.